The van der Waals surface area contributed by atoms with Crippen LogP contribution in [0.4, 0.5) is 0 Å². The Bertz CT molecular complexity index is 675. The minimum atomic E-state index is -0.337. The zero-order chi connectivity index (χ0) is 17.5. The Morgan fingerprint density at radius 1 is 1.16 bits per heavy atom. The predicted octanol–water partition coefficient (Wildman–Crippen LogP) is 2.16. The van der Waals surface area contributed by atoms with E-state index in [1.807, 2.05) is 24.3 Å². The van der Waals surface area contributed by atoms with Gasteiger partial charge in [-0.25, -0.2) is 4.79 Å². The largest absolute Gasteiger partial charge is 0.465 e. The topological polar surface area (TPSA) is 63.9 Å². The van der Waals surface area contributed by atoms with Gasteiger partial charge in [-0.3, -0.25) is 4.90 Å². The Kier molecular flexibility index (Phi) is 6.22. The molecule has 1 aromatic heterocycles. The van der Waals surface area contributed by atoms with Crippen LogP contribution in [0.25, 0.3) is 11.3 Å². The number of rotatable bonds is 7. The van der Waals surface area contributed by atoms with E-state index in [1.165, 1.54) is 7.11 Å². The van der Waals surface area contributed by atoms with E-state index in [-0.39, 0.29) is 5.97 Å². The zero-order valence-corrected chi connectivity index (χ0v) is 14.5. The van der Waals surface area contributed by atoms with Crippen molar-refractivity contribution in [3.63, 3.8) is 0 Å². The van der Waals surface area contributed by atoms with Crippen molar-refractivity contribution in [3.05, 3.63) is 47.7 Å². The van der Waals surface area contributed by atoms with Crippen LogP contribution in [0.15, 0.2) is 40.8 Å². The van der Waals surface area contributed by atoms with Crippen molar-refractivity contribution in [2.24, 2.45) is 0 Å². The second kappa shape index (κ2) is 8.80. The van der Waals surface area contributed by atoms with Gasteiger partial charge >= 0.3 is 5.97 Å². The van der Waals surface area contributed by atoms with E-state index in [4.69, 9.17) is 13.9 Å². The van der Waals surface area contributed by atoms with E-state index in [9.17, 15) is 4.79 Å². The van der Waals surface area contributed by atoms with Crippen molar-refractivity contribution in [2.75, 3.05) is 46.5 Å². The fourth-order valence-electron chi connectivity index (χ4n) is 2.79. The van der Waals surface area contributed by atoms with Gasteiger partial charge in [-0.15, -0.1) is 0 Å². The first-order valence-electron chi connectivity index (χ1n) is 8.54. The molecule has 134 valence electrons. The highest BCUT2D eigenvalue weighted by molar-refractivity contribution is 5.89. The van der Waals surface area contributed by atoms with Crippen molar-refractivity contribution < 1.29 is 18.7 Å². The Labute approximate surface area is 147 Å². The summed E-state index contributed by atoms with van der Waals surface area (Å²) in [4.78, 5) is 13.9. The first-order chi connectivity index (χ1) is 12.3. The highest BCUT2D eigenvalue weighted by Gasteiger charge is 2.10. The summed E-state index contributed by atoms with van der Waals surface area (Å²) in [5.74, 6) is 1.35. The lowest BCUT2D eigenvalue weighted by molar-refractivity contribution is 0.0383. The molecule has 1 N–H and O–H groups in total. The van der Waals surface area contributed by atoms with E-state index in [0.717, 1.165) is 56.5 Å². The van der Waals surface area contributed by atoms with Crippen molar-refractivity contribution in [3.8, 4) is 11.3 Å². The third-order valence-corrected chi connectivity index (χ3v) is 4.26. The van der Waals surface area contributed by atoms with Crippen LogP contribution in [-0.4, -0.2) is 57.4 Å². The second-order valence-electron chi connectivity index (χ2n) is 5.97. The summed E-state index contributed by atoms with van der Waals surface area (Å²) in [7, 11) is 1.38. The Morgan fingerprint density at radius 2 is 1.92 bits per heavy atom. The molecule has 0 spiro atoms. The average Bonchev–Trinajstić information content (AvgIpc) is 3.14. The molecule has 1 aliphatic heterocycles. The van der Waals surface area contributed by atoms with Crippen molar-refractivity contribution in [1.82, 2.24) is 10.2 Å². The normalized spacial score (nSPS) is 15.2. The van der Waals surface area contributed by atoms with Crippen LogP contribution >= 0.6 is 0 Å². The van der Waals surface area contributed by atoms with E-state index in [0.29, 0.717) is 12.1 Å². The molecule has 0 radical (unpaired) electrons. The number of morpholine rings is 1. The number of carbonyl (C=O) groups excluding carboxylic acids is 1. The lowest BCUT2D eigenvalue weighted by Gasteiger charge is -2.26. The van der Waals surface area contributed by atoms with Crippen LogP contribution < -0.4 is 5.32 Å². The number of hydrogen-bond acceptors (Lipinski definition) is 6. The van der Waals surface area contributed by atoms with Gasteiger partial charge in [-0.2, -0.15) is 0 Å². The smallest absolute Gasteiger partial charge is 0.337 e. The maximum absolute atomic E-state index is 11.5. The first kappa shape index (κ1) is 17.7. The predicted molar refractivity (Wildman–Crippen MR) is 94.4 cm³/mol. The van der Waals surface area contributed by atoms with Gasteiger partial charge < -0.3 is 19.2 Å². The second-order valence-corrected chi connectivity index (χ2v) is 5.97. The molecule has 3 rings (SSSR count). The van der Waals surface area contributed by atoms with Crippen LogP contribution in [0.1, 0.15) is 16.1 Å². The van der Waals surface area contributed by atoms with Gasteiger partial charge in [0.2, 0.25) is 0 Å². The van der Waals surface area contributed by atoms with E-state index in [1.54, 1.807) is 12.1 Å². The fourth-order valence-corrected chi connectivity index (χ4v) is 2.79. The van der Waals surface area contributed by atoms with Crippen molar-refractivity contribution in [2.45, 2.75) is 6.54 Å². The van der Waals surface area contributed by atoms with Crippen LogP contribution in [-0.2, 0) is 16.0 Å². The van der Waals surface area contributed by atoms with Gasteiger partial charge in [0, 0.05) is 31.7 Å². The molecule has 6 nitrogen and oxygen atoms in total. The van der Waals surface area contributed by atoms with Crippen LogP contribution in [0.5, 0.6) is 0 Å². The Hall–Kier alpha value is -2.15. The van der Waals surface area contributed by atoms with Crippen LogP contribution in [0.2, 0.25) is 0 Å². The third-order valence-electron chi connectivity index (χ3n) is 4.26. The molecule has 1 aliphatic rings. The van der Waals surface area contributed by atoms with Gasteiger partial charge in [-0.1, -0.05) is 12.1 Å². The monoisotopic (exact) mass is 344 g/mol. The lowest BCUT2D eigenvalue weighted by atomic mass is 10.1. The van der Waals surface area contributed by atoms with E-state index >= 15 is 0 Å². The summed E-state index contributed by atoms with van der Waals surface area (Å²) < 4.78 is 15.9. The molecule has 0 amide bonds. The Morgan fingerprint density at radius 3 is 2.64 bits per heavy atom. The fraction of sp³-hybridized carbons (Fsp3) is 0.421. The van der Waals surface area contributed by atoms with Gasteiger partial charge in [0.1, 0.15) is 11.5 Å². The summed E-state index contributed by atoms with van der Waals surface area (Å²) in [6.45, 7) is 6.31. The molecule has 0 unspecified atom stereocenters. The Balaban J connectivity index is 1.47. The SMILES string of the molecule is COC(=O)c1ccc(-c2ccc(CNCCN3CCOCC3)o2)cc1. The van der Waals surface area contributed by atoms with Gasteiger partial charge in [0.05, 0.1) is 32.4 Å². The van der Waals surface area contributed by atoms with Crippen LogP contribution in [0.3, 0.4) is 0 Å². The maximum Gasteiger partial charge on any atom is 0.337 e. The molecule has 0 saturated carbocycles. The molecule has 0 bridgehead atoms. The highest BCUT2D eigenvalue weighted by Crippen LogP contribution is 2.22. The number of ether oxygens (including phenoxy) is 2. The lowest BCUT2D eigenvalue weighted by Crippen LogP contribution is -2.40. The molecular weight excluding hydrogens is 320 g/mol. The summed E-state index contributed by atoms with van der Waals surface area (Å²) in [6.07, 6.45) is 0. The number of nitrogens with zero attached hydrogens (tertiary/aromatic N) is 1. The molecule has 6 heteroatoms. The van der Waals surface area contributed by atoms with Crippen LogP contribution in [0, 0.1) is 0 Å². The summed E-state index contributed by atoms with van der Waals surface area (Å²) >= 11 is 0. The van der Waals surface area contributed by atoms with Gasteiger partial charge in [0.25, 0.3) is 0 Å². The minimum absolute atomic E-state index is 0.337. The molecule has 0 aliphatic carbocycles. The molecule has 1 saturated heterocycles. The molecule has 0 atom stereocenters. The third kappa shape index (κ3) is 4.92. The highest BCUT2D eigenvalue weighted by atomic mass is 16.5. The van der Waals surface area contributed by atoms with E-state index in [2.05, 4.69) is 10.2 Å². The molecule has 1 aromatic carbocycles. The van der Waals surface area contributed by atoms with Crippen molar-refractivity contribution >= 4 is 5.97 Å². The molecule has 2 heterocycles. The van der Waals surface area contributed by atoms with Crippen molar-refractivity contribution in [1.29, 1.82) is 0 Å². The standard InChI is InChI=1S/C19H24N2O4/c1-23-19(22)16-4-2-15(3-5-16)18-7-6-17(25-18)14-20-8-9-21-10-12-24-13-11-21/h2-7,20H,8-14H2,1H3. The first-order valence-corrected chi connectivity index (χ1v) is 8.54. The zero-order valence-electron chi connectivity index (χ0n) is 14.5. The maximum atomic E-state index is 11.5. The van der Waals surface area contributed by atoms with Gasteiger partial charge in [0.15, 0.2) is 0 Å². The summed E-state index contributed by atoms with van der Waals surface area (Å²) in [5.41, 5.74) is 1.47. The number of carbonyl (C=O) groups is 1. The number of hydrogen-bond donors (Lipinski definition) is 1. The van der Waals surface area contributed by atoms with Gasteiger partial charge in [-0.05, 0) is 24.3 Å². The molecule has 25 heavy (non-hydrogen) atoms. The number of furan rings is 1. The summed E-state index contributed by atoms with van der Waals surface area (Å²) in [5, 5.41) is 3.41. The summed E-state index contributed by atoms with van der Waals surface area (Å²) in [6, 6.07) is 11.1. The quantitative estimate of drug-likeness (QED) is 0.613. The number of methoxy groups -OCH3 is 1. The average molecular weight is 344 g/mol. The minimum Gasteiger partial charge on any atom is -0.465 e. The number of esters is 1. The molecule has 2 aromatic rings. The molecular formula is C19H24N2O4. The number of benzene rings is 1. The molecule has 1 fully saturated rings. The number of nitrogens with one attached hydrogen (secondary N) is 1. The van der Waals surface area contributed by atoms with E-state index < -0.39 is 0 Å².